The van der Waals surface area contributed by atoms with Crippen LogP contribution in [0.5, 0.6) is 0 Å². The maximum atomic E-state index is 13.1. The number of amides is 2. The average molecular weight is 357 g/mol. The monoisotopic (exact) mass is 357 g/mol. The van der Waals surface area contributed by atoms with Gasteiger partial charge in [-0.3, -0.25) is 14.5 Å². The zero-order valence-electron chi connectivity index (χ0n) is 14.0. The van der Waals surface area contributed by atoms with Crippen LogP contribution in [0.4, 0.5) is 0 Å². The van der Waals surface area contributed by atoms with E-state index in [1.54, 1.807) is 18.4 Å². The zero-order chi connectivity index (χ0) is 17.4. The molecule has 2 aliphatic rings. The van der Waals surface area contributed by atoms with Crippen LogP contribution in [0.3, 0.4) is 0 Å². The first-order chi connectivity index (χ1) is 12.1. The van der Waals surface area contributed by atoms with E-state index in [4.69, 9.17) is 4.42 Å². The molecule has 1 fully saturated rings. The first-order valence-corrected chi connectivity index (χ1v) is 9.13. The SMILES string of the molecule is CN1CCN(C2=C(c3cccs3)C(=O)N(Cc3ccco3)C2=O)CC1. The summed E-state index contributed by atoms with van der Waals surface area (Å²) in [7, 11) is 2.07. The molecule has 25 heavy (non-hydrogen) atoms. The largest absolute Gasteiger partial charge is 0.467 e. The Labute approximate surface area is 149 Å². The third-order valence-corrected chi connectivity index (χ3v) is 5.51. The Hall–Kier alpha value is -2.38. The first kappa shape index (κ1) is 16.1. The van der Waals surface area contributed by atoms with Crippen LogP contribution in [0, 0.1) is 0 Å². The van der Waals surface area contributed by atoms with Gasteiger partial charge in [0, 0.05) is 31.1 Å². The molecule has 2 aliphatic heterocycles. The molecule has 2 aromatic rings. The second-order valence-electron chi connectivity index (χ2n) is 6.27. The van der Waals surface area contributed by atoms with E-state index in [1.807, 2.05) is 17.5 Å². The topological polar surface area (TPSA) is 57.0 Å². The fraction of sp³-hybridized carbons (Fsp3) is 0.333. The molecule has 4 rings (SSSR count). The molecule has 2 amide bonds. The van der Waals surface area contributed by atoms with Gasteiger partial charge in [0.2, 0.25) is 0 Å². The van der Waals surface area contributed by atoms with Crippen molar-refractivity contribution in [2.24, 2.45) is 0 Å². The second kappa shape index (κ2) is 6.50. The van der Waals surface area contributed by atoms with Crippen molar-refractivity contribution in [1.29, 1.82) is 0 Å². The van der Waals surface area contributed by atoms with Crippen molar-refractivity contribution in [3.63, 3.8) is 0 Å². The summed E-state index contributed by atoms with van der Waals surface area (Å²) in [6.07, 6.45) is 1.55. The predicted molar refractivity (Wildman–Crippen MR) is 94.6 cm³/mol. The molecule has 0 spiro atoms. The van der Waals surface area contributed by atoms with Crippen molar-refractivity contribution >= 4 is 28.7 Å². The van der Waals surface area contributed by atoms with Gasteiger partial charge in [-0.2, -0.15) is 0 Å². The van der Waals surface area contributed by atoms with Crippen LogP contribution in [-0.2, 0) is 16.1 Å². The van der Waals surface area contributed by atoms with Crippen LogP contribution < -0.4 is 0 Å². The number of piperazine rings is 1. The van der Waals surface area contributed by atoms with Crippen LogP contribution in [0.15, 0.2) is 46.0 Å². The van der Waals surface area contributed by atoms with Crippen LogP contribution in [0.1, 0.15) is 10.6 Å². The molecule has 1 saturated heterocycles. The van der Waals surface area contributed by atoms with Gasteiger partial charge in [-0.15, -0.1) is 11.3 Å². The molecular formula is C18H19N3O3S. The van der Waals surface area contributed by atoms with Crippen molar-refractivity contribution < 1.29 is 14.0 Å². The highest BCUT2D eigenvalue weighted by molar-refractivity contribution is 7.11. The number of hydrogen-bond acceptors (Lipinski definition) is 6. The molecule has 2 aromatic heterocycles. The number of hydrogen-bond donors (Lipinski definition) is 0. The summed E-state index contributed by atoms with van der Waals surface area (Å²) in [5.41, 5.74) is 1.06. The van der Waals surface area contributed by atoms with E-state index in [2.05, 4.69) is 16.8 Å². The smallest absolute Gasteiger partial charge is 0.278 e. The fourth-order valence-corrected chi connectivity index (χ4v) is 3.99. The Balaban J connectivity index is 1.70. The Kier molecular flexibility index (Phi) is 4.19. The van der Waals surface area contributed by atoms with Gasteiger partial charge in [-0.1, -0.05) is 6.07 Å². The minimum Gasteiger partial charge on any atom is -0.467 e. The number of furan rings is 1. The number of thiophene rings is 1. The molecule has 0 bridgehead atoms. The molecule has 0 saturated carbocycles. The minimum atomic E-state index is -0.238. The second-order valence-corrected chi connectivity index (χ2v) is 7.21. The maximum absolute atomic E-state index is 13.1. The van der Waals surface area contributed by atoms with Gasteiger partial charge in [-0.05, 0) is 30.6 Å². The molecule has 4 heterocycles. The highest BCUT2D eigenvalue weighted by Gasteiger charge is 2.42. The lowest BCUT2D eigenvalue weighted by atomic mass is 10.1. The fourth-order valence-electron chi connectivity index (χ4n) is 3.23. The third-order valence-electron chi connectivity index (χ3n) is 4.62. The van der Waals surface area contributed by atoms with Gasteiger partial charge in [0.05, 0.1) is 18.4 Å². The summed E-state index contributed by atoms with van der Waals surface area (Å²) in [4.78, 5) is 32.5. The van der Waals surface area contributed by atoms with Crippen molar-refractivity contribution in [3.8, 4) is 0 Å². The quantitative estimate of drug-likeness (QED) is 0.782. The van der Waals surface area contributed by atoms with Crippen molar-refractivity contribution in [1.82, 2.24) is 14.7 Å². The van der Waals surface area contributed by atoms with E-state index >= 15 is 0 Å². The van der Waals surface area contributed by atoms with Gasteiger partial charge in [-0.25, -0.2) is 0 Å². The Morgan fingerprint density at radius 1 is 1.08 bits per heavy atom. The minimum absolute atomic E-state index is 0.163. The van der Waals surface area contributed by atoms with E-state index in [0.717, 1.165) is 31.1 Å². The predicted octanol–water partition coefficient (Wildman–Crippen LogP) is 1.87. The molecule has 6 nitrogen and oxygen atoms in total. The lowest BCUT2D eigenvalue weighted by Crippen LogP contribution is -2.45. The Morgan fingerprint density at radius 2 is 1.88 bits per heavy atom. The van der Waals surface area contributed by atoms with E-state index in [9.17, 15) is 9.59 Å². The third kappa shape index (κ3) is 2.89. The molecular weight excluding hydrogens is 338 g/mol. The van der Waals surface area contributed by atoms with Crippen LogP contribution >= 0.6 is 11.3 Å². The highest BCUT2D eigenvalue weighted by Crippen LogP contribution is 2.35. The summed E-state index contributed by atoms with van der Waals surface area (Å²) < 4.78 is 5.33. The van der Waals surface area contributed by atoms with E-state index in [-0.39, 0.29) is 18.4 Å². The van der Waals surface area contributed by atoms with Gasteiger partial charge in [0.1, 0.15) is 11.5 Å². The van der Waals surface area contributed by atoms with Crippen LogP contribution in [0.25, 0.3) is 5.57 Å². The van der Waals surface area contributed by atoms with Gasteiger partial charge in [0.25, 0.3) is 11.8 Å². The number of carbonyl (C=O) groups is 2. The molecule has 0 unspecified atom stereocenters. The summed E-state index contributed by atoms with van der Waals surface area (Å²) in [5, 5.41) is 1.93. The normalized spacial score (nSPS) is 19.4. The van der Waals surface area contributed by atoms with Crippen molar-refractivity contribution in [2.45, 2.75) is 6.54 Å². The van der Waals surface area contributed by atoms with Gasteiger partial charge >= 0.3 is 0 Å². The van der Waals surface area contributed by atoms with Gasteiger partial charge < -0.3 is 14.2 Å². The maximum Gasteiger partial charge on any atom is 0.278 e. The van der Waals surface area contributed by atoms with Crippen LogP contribution in [-0.4, -0.2) is 59.7 Å². The number of nitrogens with zero attached hydrogens (tertiary/aromatic N) is 3. The zero-order valence-corrected chi connectivity index (χ0v) is 14.8. The number of imide groups is 1. The number of rotatable bonds is 4. The number of likely N-dealkylation sites (N-methyl/N-ethyl adjacent to an activating group) is 1. The Morgan fingerprint density at radius 3 is 2.52 bits per heavy atom. The highest BCUT2D eigenvalue weighted by atomic mass is 32.1. The summed E-state index contributed by atoms with van der Waals surface area (Å²) in [6.45, 7) is 3.40. The Bertz CT molecular complexity index is 803. The van der Waals surface area contributed by atoms with Crippen molar-refractivity contribution in [2.75, 3.05) is 33.2 Å². The lowest BCUT2D eigenvalue weighted by molar-refractivity contribution is -0.138. The molecule has 0 aromatic carbocycles. The van der Waals surface area contributed by atoms with E-state index in [1.165, 1.54) is 16.2 Å². The average Bonchev–Trinajstić information content (AvgIpc) is 3.34. The lowest BCUT2D eigenvalue weighted by Gasteiger charge is -2.34. The molecule has 7 heteroatoms. The van der Waals surface area contributed by atoms with E-state index in [0.29, 0.717) is 17.0 Å². The summed E-state index contributed by atoms with van der Waals surface area (Å²) >= 11 is 1.49. The van der Waals surface area contributed by atoms with Gasteiger partial charge in [0.15, 0.2) is 0 Å². The molecule has 0 aliphatic carbocycles. The van der Waals surface area contributed by atoms with Crippen molar-refractivity contribution in [3.05, 3.63) is 52.2 Å². The molecule has 130 valence electrons. The first-order valence-electron chi connectivity index (χ1n) is 8.25. The number of carbonyl (C=O) groups excluding carboxylic acids is 2. The summed E-state index contributed by atoms with van der Waals surface area (Å²) in [6, 6.07) is 7.34. The molecule has 0 radical (unpaired) electrons. The molecule has 0 atom stereocenters. The van der Waals surface area contributed by atoms with Crippen LogP contribution in [0.2, 0.25) is 0 Å². The standard InChI is InChI=1S/C18H19N3O3S/c1-19-6-8-20(9-7-19)16-15(14-5-3-11-25-14)17(22)21(18(16)23)12-13-4-2-10-24-13/h2-5,10-11H,6-9,12H2,1H3. The van der Waals surface area contributed by atoms with E-state index < -0.39 is 0 Å². The summed E-state index contributed by atoms with van der Waals surface area (Å²) in [5.74, 6) is 0.138. The molecule has 0 N–H and O–H groups in total.